The molecule has 0 aliphatic carbocycles. The molecule has 22 heavy (non-hydrogen) atoms. The number of hydrogen-bond donors (Lipinski definition) is 0. The Hall–Kier alpha value is -2.46. The fraction of sp³-hybridized carbons (Fsp3) is 0.222. The molecule has 0 bridgehead atoms. The van der Waals surface area contributed by atoms with Crippen LogP contribution in [0.25, 0.3) is 10.8 Å². The maximum absolute atomic E-state index is 12.1. The molecule has 0 aliphatic heterocycles. The van der Waals surface area contributed by atoms with E-state index < -0.39 is 12.1 Å². The van der Waals surface area contributed by atoms with Gasteiger partial charge >= 0.3 is 5.97 Å². The van der Waals surface area contributed by atoms with Gasteiger partial charge in [-0.3, -0.25) is 4.79 Å². The van der Waals surface area contributed by atoms with Gasteiger partial charge in [0.25, 0.3) is 0 Å². The SMILES string of the molecule is C=CCOC(C)C(=O)OCC(=O)c1ccc2ccccc2c1. The summed E-state index contributed by atoms with van der Waals surface area (Å²) < 4.78 is 10.1. The zero-order valence-electron chi connectivity index (χ0n) is 12.5. The summed E-state index contributed by atoms with van der Waals surface area (Å²) in [7, 11) is 0. The number of rotatable bonds is 7. The molecular formula is C18H18O4. The maximum atomic E-state index is 12.1. The van der Waals surface area contributed by atoms with Gasteiger partial charge in [-0.15, -0.1) is 6.58 Å². The lowest BCUT2D eigenvalue weighted by molar-refractivity contribution is -0.154. The van der Waals surface area contributed by atoms with Crippen molar-refractivity contribution in [1.82, 2.24) is 0 Å². The molecule has 0 aromatic heterocycles. The highest BCUT2D eigenvalue weighted by Gasteiger charge is 2.16. The standard InChI is InChI=1S/C18H18O4/c1-3-10-21-13(2)18(20)22-12-17(19)16-9-8-14-6-4-5-7-15(14)11-16/h3-9,11,13H,1,10,12H2,2H3. The smallest absolute Gasteiger partial charge is 0.335 e. The van der Waals surface area contributed by atoms with Crippen molar-refractivity contribution >= 4 is 22.5 Å². The van der Waals surface area contributed by atoms with Gasteiger partial charge in [0.1, 0.15) is 0 Å². The number of hydrogen-bond acceptors (Lipinski definition) is 4. The van der Waals surface area contributed by atoms with E-state index in [1.807, 2.05) is 30.3 Å². The predicted molar refractivity (Wildman–Crippen MR) is 84.8 cm³/mol. The van der Waals surface area contributed by atoms with Gasteiger partial charge in [0, 0.05) is 5.56 Å². The van der Waals surface area contributed by atoms with E-state index in [1.54, 1.807) is 25.1 Å². The highest BCUT2D eigenvalue weighted by Crippen LogP contribution is 2.16. The second-order valence-electron chi connectivity index (χ2n) is 4.86. The second-order valence-corrected chi connectivity index (χ2v) is 4.86. The fourth-order valence-corrected chi connectivity index (χ4v) is 1.98. The third-order valence-corrected chi connectivity index (χ3v) is 3.21. The van der Waals surface area contributed by atoms with Gasteiger partial charge in [-0.05, 0) is 23.8 Å². The third kappa shape index (κ3) is 4.02. The summed E-state index contributed by atoms with van der Waals surface area (Å²) >= 11 is 0. The summed E-state index contributed by atoms with van der Waals surface area (Å²) in [5.74, 6) is -0.800. The topological polar surface area (TPSA) is 52.6 Å². The molecule has 0 saturated carbocycles. The first kappa shape index (κ1) is 15.9. The largest absolute Gasteiger partial charge is 0.455 e. The summed E-state index contributed by atoms with van der Waals surface area (Å²) in [5.41, 5.74) is 0.520. The minimum atomic E-state index is -0.720. The molecule has 2 aromatic carbocycles. The van der Waals surface area contributed by atoms with Crippen molar-refractivity contribution in [3.05, 3.63) is 60.7 Å². The van der Waals surface area contributed by atoms with Crippen molar-refractivity contribution in [3.63, 3.8) is 0 Å². The molecule has 4 heteroatoms. The van der Waals surface area contributed by atoms with Crippen molar-refractivity contribution in [3.8, 4) is 0 Å². The molecular weight excluding hydrogens is 280 g/mol. The number of Topliss-reactive ketones (excluding diaryl/α,β-unsaturated/α-hetero) is 1. The molecule has 2 rings (SSSR count). The minimum absolute atomic E-state index is 0.241. The summed E-state index contributed by atoms with van der Waals surface area (Å²) in [4.78, 5) is 23.8. The van der Waals surface area contributed by atoms with E-state index in [0.29, 0.717) is 5.56 Å². The first-order valence-corrected chi connectivity index (χ1v) is 7.03. The minimum Gasteiger partial charge on any atom is -0.455 e. The molecule has 0 aliphatic rings. The van der Waals surface area contributed by atoms with Crippen molar-refractivity contribution in [1.29, 1.82) is 0 Å². The van der Waals surface area contributed by atoms with Crippen LogP contribution >= 0.6 is 0 Å². The molecule has 0 amide bonds. The van der Waals surface area contributed by atoms with Crippen molar-refractivity contribution in [2.45, 2.75) is 13.0 Å². The average Bonchev–Trinajstić information content (AvgIpc) is 2.56. The Bertz CT molecular complexity index is 690. The molecule has 0 radical (unpaired) electrons. The second kappa shape index (κ2) is 7.52. The molecule has 1 atom stereocenters. The number of fused-ring (bicyclic) bond motifs is 1. The van der Waals surface area contributed by atoms with E-state index in [-0.39, 0.29) is 19.0 Å². The number of benzene rings is 2. The van der Waals surface area contributed by atoms with Gasteiger partial charge < -0.3 is 9.47 Å². The normalized spacial score (nSPS) is 11.9. The molecule has 0 spiro atoms. The van der Waals surface area contributed by atoms with Crippen LogP contribution in [0, 0.1) is 0 Å². The number of esters is 1. The van der Waals surface area contributed by atoms with E-state index >= 15 is 0 Å². The van der Waals surface area contributed by atoms with Crippen LogP contribution in [0.15, 0.2) is 55.1 Å². The van der Waals surface area contributed by atoms with E-state index in [2.05, 4.69) is 6.58 Å². The Morgan fingerprint density at radius 2 is 1.91 bits per heavy atom. The van der Waals surface area contributed by atoms with Crippen LogP contribution < -0.4 is 0 Å². The molecule has 0 saturated heterocycles. The Labute approximate surface area is 129 Å². The van der Waals surface area contributed by atoms with Crippen LogP contribution in [-0.2, 0) is 14.3 Å². The number of ketones is 1. The van der Waals surface area contributed by atoms with Gasteiger partial charge in [0.15, 0.2) is 18.5 Å². The van der Waals surface area contributed by atoms with Crippen LogP contribution in [0.2, 0.25) is 0 Å². The number of carbonyl (C=O) groups excluding carboxylic acids is 2. The monoisotopic (exact) mass is 298 g/mol. The molecule has 0 fully saturated rings. The van der Waals surface area contributed by atoms with Crippen LogP contribution in [0.1, 0.15) is 17.3 Å². The van der Waals surface area contributed by atoms with Gasteiger partial charge in [-0.2, -0.15) is 0 Å². The molecule has 4 nitrogen and oxygen atoms in total. The third-order valence-electron chi connectivity index (χ3n) is 3.21. The Balaban J connectivity index is 1.96. The fourth-order valence-electron chi connectivity index (χ4n) is 1.98. The van der Waals surface area contributed by atoms with E-state index in [9.17, 15) is 9.59 Å². The van der Waals surface area contributed by atoms with Crippen molar-refractivity contribution < 1.29 is 19.1 Å². The lowest BCUT2D eigenvalue weighted by atomic mass is 10.0. The predicted octanol–water partition coefficient (Wildman–Crippen LogP) is 3.16. The first-order chi connectivity index (χ1) is 10.6. The van der Waals surface area contributed by atoms with Crippen LogP contribution in [0.4, 0.5) is 0 Å². The van der Waals surface area contributed by atoms with Crippen molar-refractivity contribution in [2.75, 3.05) is 13.2 Å². The van der Waals surface area contributed by atoms with Gasteiger partial charge in [-0.1, -0.05) is 42.5 Å². The zero-order chi connectivity index (χ0) is 15.9. The zero-order valence-corrected chi connectivity index (χ0v) is 12.5. The number of ether oxygens (including phenoxy) is 2. The Morgan fingerprint density at radius 1 is 1.18 bits per heavy atom. The van der Waals surface area contributed by atoms with Crippen LogP contribution in [-0.4, -0.2) is 31.1 Å². The number of carbonyl (C=O) groups is 2. The average molecular weight is 298 g/mol. The van der Waals surface area contributed by atoms with Crippen molar-refractivity contribution in [2.24, 2.45) is 0 Å². The summed E-state index contributed by atoms with van der Waals surface area (Å²) in [6.45, 7) is 5.04. The van der Waals surface area contributed by atoms with Crippen LogP contribution in [0.5, 0.6) is 0 Å². The van der Waals surface area contributed by atoms with E-state index in [1.165, 1.54) is 0 Å². The molecule has 0 N–H and O–H groups in total. The van der Waals surface area contributed by atoms with Gasteiger partial charge in [0.2, 0.25) is 0 Å². The maximum Gasteiger partial charge on any atom is 0.335 e. The summed E-state index contributed by atoms with van der Waals surface area (Å²) in [6.07, 6.45) is 0.826. The molecule has 2 aromatic rings. The summed E-state index contributed by atoms with van der Waals surface area (Å²) in [5, 5.41) is 2.03. The highest BCUT2D eigenvalue weighted by molar-refractivity contribution is 6.01. The van der Waals surface area contributed by atoms with E-state index in [4.69, 9.17) is 9.47 Å². The molecule has 0 heterocycles. The lowest BCUT2D eigenvalue weighted by Gasteiger charge is -2.11. The highest BCUT2D eigenvalue weighted by atomic mass is 16.6. The van der Waals surface area contributed by atoms with Gasteiger partial charge in [-0.25, -0.2) is 4.79 Å². The Kier molecular flexibility index (Phi) is 5.44. The quantitative estimate of drug-likeness (QED) is 0.447. The molecule has 114 valence electrons. The summed E-state index contributed by atoms with van der Waals surface area (Å²) in [6, 6.07) is 13.2. The lowest BCUT2D eigenvalue weighted by Crippen LogP contribution is -2.25. The Morgan fingerprint density at radius 3 is 2.64 bits per heavy atom. The van der Waals surface area contributed by atoms with Gasteiger partial charge in [0.05, 0.1) is 6.61 Å². The van der Waals surface area contributed by atoms with E-state index in [0.717, 1.165) is 10.8 Å². The first-order valence-electron chi connectivity index (χ1n) is 7.03. The molecule has 1 unspecified atom stereocenters. The van der Waals surface area contributed by atoms with Crippen LogP contribution in [0.3, 0.4) is 0 Å².